The number of nitriles is 1. The number of hydrogen-bond donors (Lipinski definition) is 0. The summed E-state index contributed by atoms with van der Waals surface area (Å²) in [6.45, 7) is 7.18. The summed E-state index contributed by atoms with van der Waals surface area (Å²) in [4.78, 5) is 6.24. The third-order valence-corrected chi connectivity index (χ3v) is 5.95. The molecule has 4 rings (SSSR count). The fourth-order valence-electron chi connectivity index (χ4n) is 4.06. The van der Waals surface area contributed by atoms with Crippen LogP contribution in [0.4, 0.5) is 52.7 Å². The molecule has 6 nitrogen and oxygen atoms in total. The highest BCUT2D eigenvalue weighted by molar-refractivity contribution is 6.29. The number of aliphatic imine (C=N–C) groups is 1. The van der Waals surface area contributed by atoms with Crippen LogP contribution >= 0.6 is 0 Å². The maximum atomic E-state index is 13.5. The van der Waals surface area contributed by atoms with Gasteiger partial charge in [0.15, 0.2) is 11.5 Å². The molecule has 0 spiro atoms. The van der Waals surface area contributed by atoms with Crippen molar-refractivity contribution < 1.29 is 62.2 Å². The van der Waals surface area contributed by atoms with E-state index >= 15 is 0 Å². The van der Waals surface area contributed by atoms with Crippen molar-refractivity contribution in [2.75, 3.05) is 0 Å². The van der Waals surface area contributed by atoms with Crippen molar-refractivity contribution in [3.8, 4) is 17.7 Å². The van der Waals surface area contributed by atoms with Gasteiger partial charge in [-0.1, -0.05) is 24.3 Å². The summed E-state index contributed by atoms with van der Waals surface area (Å²) in [7, 11) is 0. The zero-order valence-electron chi connectivity index (χ0n) is 21.9. The first-order chi connectivity index (χ1) is 21.2. The van der Waals surface area contributed by atoms with E-state index < -0.39 is 81.4 Å². The molecule has 0 atom stereocenters. The van der Waals surface area contributed by atoms with E-state index in [2.05, 4.69) is 15.0 Å². The second-order valence-electron chi connectivity index (χ2n) is 9.00. The molecule has 0 bridgehead atoms. The number of hydrogen-bond acceptors (Lipinski definition) is 5. The molecule has 3 aromatic rings. The second kappa shape index (κ2) is 11.8. The van der Waals surface area contributed by atoms with Gasteiger partial charge in [-0.3, -0.25) is 0 Å². The lowest BCUT2D eigenvalue weighted by molar-refractivity contribution is -0.144. The van der Waals surface area contributed by atoms with Gasteiger partial charge in [0.1, 0.15) is 17.2 Å². The Balaban J connectivity index is 2.07. The van der Waals surface area contributed by atoms with Crippen LogP contribution in [0.15, 0.2) is 82.3 Å². The lowest BCUT2D eigenvalue weighted by Gasteiger charge is -2.25. The van der Waals surface area contributed by atoms with Crippen LogP contribution in [0.1, 0.15) is 33.4 Å². The van der Waals surface area contributed by atoms with Gasteiger partial charge in [0.2, 0.25) is 12.0 Å². The van der Waals surface area contributed by atoms with Crippen molar-refractivity contribution in [2.45, 2.75) is 24.7 Å². The number of benzene rings is 3. The highest BCUT2D eigenvalue weighted by Gasteiger charge is 2.41. The van der Waals surface area contributed by atoms with Crippen LogP contribution in [-0.2, 0) is 24.7 Å². The first-order valence-corrected chi connectivity index (χ1v) is 11.9. The summed E-state index contributed by atoms with van der Waals surface area (Å²) in [6.07, 6.45) is -20.1. The van der Waals surface area contributed by atoms with Gasteiger partial charge in [-0.15, -0.1) is 4.95 Å². The molecule has 0 fully saturated rings. The number of halogens is 12. The normalized spacial score (nSPS) is 15.8. The van der Waals surface area contributed by atoms with Crippen LogP contribution in [0.2, 0.25) is 0 Å². The number of rotatable bonds is 4. The van der Waals surface area contributed by atoms with Gasteiger partial charge in [-0.2, -0.15) is 69.5 Å². The zero-order valence-corrected chi connectivity index (χ0v) is 21.9. The van der Waals surface area contributed by atoms with Crippen LogP contribution in [0.25, 0.3) is 4.95 Å². The molecule has 18 heteroatoms. The molecule has 1 aliphatic carbocycles. The molecule has 46 heavy (non-hydrogen) atoms. The third-order valence-electron chi connectivity index (χ3n) is 5.95. The van der Waals surface area contributed by atoms with E-state index in [-0.39, 0.29) is 47.5 Å². The Kier molecular flexibility index (Phi) is 8.54. The van der Waals surface area contributed by atoms with Gasteiger partial charge < -0.3 is 9.47 Å². The average Bonchev–Trinajstić information content (AvgIpc) is 2.94. The molecule has 0 unspecified atom stereocenters. The Morgan fingerprint density at radius 2 is 0.935 bits per heavy atom. The highest BCUT2D eigenvalue weighted by atomic mass is 19.4. The predicted molar refractivity (Wildman–Crippen MR) is 133 cm³/mol. The van der Waals surface area contributed by atoms with Crippen molar-refractivity contribution >= 4 is 11.4 Å². The topological polar surface area (TPSA) is 71.3 Å². The molecule has 1 aliphatic rings. The quantitative estimate of drug-likeness (QED) is 0.121. The van der Waals surface area contributed by atoms with E-state index in [1.807, 2.05) is 0 Å². The standard InChI is InChI=1S/C28H10F12N4O2/c1-42-44-22-20-5-3-2-4-19(20)21(43-12-41)23(45-17-8-13(25(29,30)31)6-14(9-17)26(32,33)34)24(22)46-18-10-15(27(35,36)37)7-16(11-18)28(38,39)40/h2-11H/b43-21?,44-22+. The molecule has 238 valence electrons. The van der Waals surface area contributed by atoms with Gasteiger partial charge >= 0.3 is 24.7 Å². The van der Waals surface area contributed by atoms with Crippen LogP contribution < -0.4 is 9.47 Å². The molecule has 3 aromatic carbocycles. The van der Waals surface area contributed by atoms with Crippen molar-refractivity contribution in [1.82, 2.24) is 0 Å². The molecule has 0 N–H and O–H groups in total. The lowest BCUT2D eigenvalue weighted by Crippen LogP contribution is -2.29. The Bertz CT molecular complexity index is 1670. The maximum Gasteiger partial charge on any atom is 0.416 e. The van der Waals surface area contributed by atoms with Gasteiger partial charge in [-0.25, -0.2) is 0 Å². The van der Waals surface area contributed by atoms with E-state index in [0.717, 1.165) is 0 Å². The predicted octanol–water partition coefficient (Wildman–Crippen LogP) is 9.04. The number of alkyl halides is 12. The Morgan fingerprint density at radius 3 is 1.26 bits per heavy atom. The fraction of sp³-hybridized carbons (Fsp3) is 0.143. The van der Waals surface area contributed by atoms with Gasteiger partial charge in [0, 0.05) is 11.1 Å². The zero-order chi connectivity index (χ0) is 34.2. The smallest absolute Gasteiger partial charge is 0.416 e. The van der Waals surface area contributed by atoms with E-state index in [1.165, 1.54) is 30.5 Å². The van der Waals surface area contributed by atoms with E-state index in [9.17, 15) is 57.9 Å². The third kappa shape index (κ3) is 7.06. The van der Waals surface area contributed by atoms with Crippen molar-refractivity contribution in [1.29, 1.82) is 5.26 Å². The monoisotopic (exact) mass is 662 g/mol. The molecule has 0 heterocycles. The first kappa shape index (κ1) is 33.4. The van der Waals surface area contributed by atoms with E-state index in [0.29, 0.717) is 0 Å². The molecular formula is C28H10F12N4O2. The Hall–Kier alpha value is -5.52. The summed E-state index contributed by atoms with van der Waals surface area (Å²) >= 11 is 0. The largest absolute Gasteiger partial charge is 0.451 e. The van der Waals surface area contributed by atoms with Crippen LogP contribution in [-0.4, -0.2) is 11.4 Å². The Labute approximate surface area is 248 Å². The molecule has 0 amide bonds. The van der Waals surface area contributed by atoms with Crippen molar-refractivity contribution in [3.05, 3.63) is 117 Å². The van der Waals surface area contributed by atoms with Gasteiger partial charge in [0.25, 0.3) is 0 Å². The van der Waals surface area contributed by atoms with Crippen molar-refractivity contribution in [2.24, 2.45) is 10.1 Å². The van der Waals surface area contributed by atoms with Gasteiger partial charge in [0.05, 0.1) is 27.4 Å². The van der Waals surface area contributed by atoms with Crippen LogP contribution in [0, 0.1) is 18.0 Å². The number of allylic oxidation sites excluding steroid dienone is 2. The van der Waals surface area contributed by atoms with Crippen LogP contribution in [0.5, 0.6) is 11.5 Å². The molecule has 0 saturated carbocycles. The van der Waals surface area contributed by atoms with E-state index in [1.54, 1.807) is 0 Å². The summed E-state index contributed by atoms with van der Waals surface area (Å²) in [5.74, 6) is -4.57. The van der Waals surface area contributed by atoms with Crippen molar-refractivity contribution in [3.63, 3.8) is 0 Å². The minimum atomic E-state index is -5.36. The molecular weight excluding hydrogens is 652 g/mol. The summed E-state index contributed by atoms with van der Waals surface area (Å²) < 4.78 is 173. The molecule has 0 aliphatic heterocycles. The number of ether oxygens (including phenoxy) is 2. The molecule has 0 radical (unpaired) electrons. The summed E-state index contributed by atoms with van der Waals surface area (Å²) in [6, 6.07) is 4.95. The molecule has 0 aromatic heterocycles. The summed E-state index contributed by atoms with van der Waals surface area (Å²) in [5, 5.41) is 12.8. The fourth-order valence-corrected chi connectivity index (χ4v) is 4.06. The number of nitrogens with zero attached hydrogens (tertiary/aromatic N) is 4. The SMILES string of the molecule is [C-]#[N+]/N=C1/C(Oc2cc(C(F)(F)F)cc(C(F)(F)F)c2)=C(Oc2cc(C(F)(F)F)cc(C(F)(F)F)c2)C(=NC#N)c2ccccc21. The first-order valence-electron chi connectivity index (χ1n) is 11.9. The van der Waals surface area contributed by atoms with Crippen LogP contribution in [0.3, 0.4) is 0 Å². The lowest BCUT2D eigenvalue weighted by atomic mass is 9.90. The summed E-state index contributed by atoms with van der Waals surface area (Å²) in [5.41, 5.74) is -9.17. The Morgan fingerprint density at radius 1 is 0.587 bits per heavy atom. The maximum absolute atomic E-state index is 13.5. The van der Waals surface area contributed by atoms with Gasteiger partial charge in [-0.05, 0) is 36.4 Å². The van der Waals surface area contributed by atoms with E-state index in [4.69, 9.17) is 16.0 Å². The molecule has 0 saturated heterocycles. The number of fused-ring (bicyclic) bond motifs is 1. The minimum Gasteiger partial charge on any atom is -0.451 e. The average molecular weight is 662 g/mol. The second-order valence-corrected chi connectivity index (χ2v) is 9.00. The minimum absolute atomic E-state index is 0.0993. The highest BCUT2D eigenvalue weighted by Crippen LogP contribution is 2.42.